The van der Waals surface area contributed by atoms with Crippen molar-refractivity contribution in [1.29, 1.82) is 0 Å². The molecule has 1 aromatic carbocycles. The molecule has 0 bridgehead atoms. The Balaban J connectivity index is 2.51. The number of nitro groups is 1. The zero-order valence-corrected chi connectivity index (χ0v) is 9.95. The molecule has 0 heterocycles. The van der Waals surface area contributed by atoms with Gasteiger partial charge in [-0.1, -0.05) is 0 Å². The molecule has 0 aromatic heterocycles. The third kappa shape index (κ3) is 5.05. The summed E-state index contributed by atoms with van der Waals surface area (Å²) in [6.45, 7) is -0.198. The monoisotopic (exact) mass is 275 g/mol. The molecular weight excluding hydrogens is 265 g/mol. The summed E-state index contributed by atoms with van der Waals surface area (Å²) in [6.07, 6.45) is -0.986. The number of non-ortho nitro benzene ring substituents is 1. The maximum Gasteiger partial charge on any atom is 0.336 e. The van der Waals surface area contributed by atoms with Crippen molar-refractivity contribution < 1.29 is 28.8 Å². The van der Waals surface area contributed by atoms with Gasteiger partial charge in [0.1, 0.15) is 12.8 Å². The molecule has 0 saturated carbocycles. The fourth-order valence-corrected chi connectivity index (χ4v) is 1.52. The van der Waals surface area contributed by atoms with Crippen molar-refractivity contribution in [2.45, 2.75) is 6.61 Å². The van der Waals surface area contributed by atoms with E-state index < -0.39 is 24.7 Å². The third-order valence-corrected chi connectivity index (χ3v) is 2.55. The van der Waals surface area contributed by atoms with E-state index >= 15 is 0 Å². The van der Waals surface area contributed by atoms with Gasteiger partial charge >= 0.3 is 13.6 Å². The molecule has 1 rings (SSSR count). The van der Waals surface area contributed by atoms with Crippen LogP contribution < -0.4 is 0 Å². The minimum Gasteiger partial charge on any atom is -0.460 e. The van der Waals surface area contributed by atoms with Gasteiger partial charge in [-0.05, 0) is 17.7 Å². The van der Waals surface area contributed by atoms with E-state index in [1.54, 1.807) is 0 Å². The molecular formula is C9H10NO7P. The average molecular weight is 275 g/mol. The van der Waals surface area contributed by atoms with Crippen LogP contribution in [0.1, 0.15) is 5.56 Å². The highest BCUT2D eigenvalue weighted by Gasteiger charge is 2.20. The highest BCUT2D eigenvalue weighted by molar-refractivity contribution is 7.52. The zero-order valence-electron chi connectivity index (χ0n) is 9.05. The van der Waals surface area contributed by atoms with Gasteiger partial charge < -0.3 is 14.5 Å². The van der Waals surface area contributed by atoms with Crippen LogP contribution in [-0.2, 0) is 20.7 Å². The predicted molar refractivity (Wildman–Crippen MR) is 59.8 cm³/mol. The Morgan fingerprint density at radius 2 is 1.89 bits per heavy atom. The van der Waals surface area contributed by atoms with Crippen LogP contribution in [0.15, 0.2) is 24.3 Å². The summed E-state index contributed by atoms with van der Waals surface area (Å²) in [6, 6.07) is 5.27. The van der Waals surface area contributed by atoms with Crippen molar-refractivity contribution in [2.75, 3.05) is 6.16 Å². The van der Waals surface area contributed by atoms with Gasteiger partial charge in [0.15, 0.2) is 0 Å². The Bertz CT molecular complexity index is 492. The molecule has 18 heavy (non-hydrogen) atoms. The third-order valence-electron chi connectivity index (χ3n) is 1.88. The largest absolute Gasteiger partial charge is 0.460 e. The molecule has 8 nitrogen and oxygen atoms in total. The van der Waals surface area contributed by atoms with Crippen molar-refractivity contribution in [3.63, 3.8) is 0 Å². The number of esters is 1. The quantitative estimate of drug-likeness (QED) is 0.352. The van der Waals surface area contributed by atoms with Crippen LogP contribution in [0.3, 0.4) is 0 Å². The highest BCUT2D eigenvalue weighted by Crippen LogP contribution is 2.33. The highest BCUT2D eigenvalue weighted by atomic mass is 31.2. The Morgan fingerprint density at radius 1 is 1.33 bits per heavy atom. The van der Waals surface area contributed by atoms with E-state index in [-0.39, 0.29) is 12.3 Å². The molecule has 0 atom stereocenters. The van der Waals surface area contributed by atoms with E-state index in [1.165, 1.54) is 24.3 Å². The minimum absolute atomic E-state index is 0.0970. The molecule has 0 aliphatic heterocycles. The molecule has 0 saturated heterocycles. The second kappa shape index (κ2) is 5.72. The molecule has 2 N–H and O–H groups in total. The number of hydrogen-bond acceptors (Lipinski definition) is 5. The van der Waals surface area contributed by atoms with Crippen molar-refractivity contribution in [3.05, 3.63) is 39.9 Å². The molecule has 0 amide bonds. The summed E-state index contributed by atoms with van der Waals surface area (Å²) in [5, 5.41) is 10.4. The van der Waals surface area contributed by atoms with Crippen LogP contribution in [0.5, 0.6) is 0 Å². The molecule has 0 unspecified atom stereocenters. The first-order chi connectivity index (χ1) is 8.28. The number of rotatable bonds is 5. The summed E-state index contributed by atoms with van der Waals surface area (Å²) in [4.78, 5) is 37.8. The van der Waals surface area contributed by atoms with Gasteiger partial charge in [-0.3, -0.25) is 19.5 Å². The lowest BCUT2D eigenvalue weighted by atomic mass is 10.2. The Labute approximate surface area is 102 Å². The SMILES string of the molecule is O=C(CP(=O)(O)O)OCc1ccc([N+](=O)[O-])cc1. The number of ether oxygens (including phenoxy) is 1. The van der Waals surface area contributed by atoms with Crippen molar-refractivity contribution in [1.82, 2.24) is 0 Å². The van der Waals surface area contributed by atoms with Crippen molar-refractivity contribution in [2.24, 2.45) is 0 Å². The van der Waals surface area contributed by atoms with Crippen LogP contribution in [0, 0.1) is 10.1 Å². The van der Waals surface area contributed by atoms with Gasteiger partial charge in [0.05, 0.1) is 4.92 Å². The normalized spacial score (nSPS) is 11.0. The van der Waals surface area contributed by atoms with Gasteiger partial charge in [0.2, 0.25) is 0 Å². The molecule has 0 fully saturated rings. The fourth-order valence-electron chi connectivity index (χ4n) is 1.09. The lowest BCUT2D eigenvalue weighted by molar-refractivity contribution is -0.384. The second-order valence-electron chi connectivity index (χ2n) is 3.41. The molecule has 0 aliphatic carbocycles. The molecule has 0 radical (unpaired) electrons. The summed E-state index contributed by atoms with van der Waals surface area (Å²) in [5.74, 6) is -1.03. The topological polar surface area (TPSA) is 127 Å². The Morgan fingerprint density at radius 3 is 2.33 bits per heavy atom. The maximum absolute atomic E-state index is 11.0. The average Bonchev–Trinajstić information content (AvgIpc) is 2.24. The first-order valence-electron chi connectivity index (χ1n) is 4.71. The summed E-state index contributed by atoms with van der Waals surface area (Å²) in [7, 11) is -4.43. The molecule has 0 aliphatic rings. The van der Waals surface area contributed by atoms with Gasteiger partial charge in [0, 0.05) is 12.1 Å². The number of hydrogen-bond donors (Lipinski definition) is 2. The second-order valence-corrected chi connectivity index (χ2v) is 5.05. The fraction of sp³-hybridized carbons (Fsp3) is 0.222. The van der Waals surface area contributed by atoms with Crippen molar-refractivity contribution in [3.8, 4) is 0 Å². The van der Waals surface area contributed by atoms with Crippen LogP contribution in [-0.4, -0.2) is 26.8 Å². The summed E-state index contributed by atoms with van der Waals surface area (Å²) >= 11 is 0. The zero-order chi connectivity index (χ0) is 13.8. The van der Waals surface area contributed by atoms with Crippen LogP contribution >= 0.6 is 7.60 Å². The van der Waals surface area contributed by atoms with E-state index in [1.807, 2.05) is 0 Å². The number of nitrogens with zero attached hydrogens (tertiary/aromatic N) is 1. The van der Waals surface area contributed by atoms with Gasteiger partial charge in [-0.25, -0.2) is 0 Å². The van der Waals surface area contributed by atoms with Gasteiger partial charge in [-0.2, -0.15) is 0 Å². The summed E-state index contributed by atoms with van der Waals surface area (Å²) in [5.41, 5.74) is 0.389. The predicted octanol–water partition coefficient (Wildman–Crippen LogP) is 0.816. The molecule has 9 heteroatoms. The first kappa shape index (κ1) is 14.3. The Kier molecular flexibility index (Phi) is 4.55. The lowest BCUT2D eigenvalue weighted by Crippen LogP contribution is -2.09. The molecule has 1 aromatic rings. The van der Waals surface area contributed by atoms with Crippen LogP contribution in [0.2, 0.25) is 0 Å². The van der Waals surface area contributed by atoms with E-state index in [4.69, 9.17) is 9.79 Å². The van der Waals surface area contributed by atoms with Crippen LogP contribution in [0.25, 0.3) is 0 Å². The van der Waals surface area contributed by atoms with Gasteiger partial charge in [0.25, 0.3) is 5.69 Å². The van der Waals surface area contributed by atoms with Crippen molar-refractivity contribution >= 4 is 19.3 Å². The van der Waals surface area contributed by atoms with Gasteiger partial charge in [-0.15, -0.1) is 0 Å². The standard InChI is InChI=1S/C9H10NO7P/c11-9(6-18(14,15)16)17-5-7-1-3-8(4-2-7)10(12)13/h1-4H,5-6H2,(H2,14,15,16). The molecule has 0 spiro atoms. The minimum atomic E-state index is -4.43. The van der Waals surface area contributed by atoms with E-state index in [0.717, 1.165) is 0 Å². The van der Waals surface area contributed by atoms with Crippen LogP contribution in [0.4, 0.5) is 5.69 Å². The lowest BCUT2D eigenvalue weighted by Gasteiger charge is -2.05. The molecule has 98 valence electrons. The number of carbonyl (C=O) groups is 1. The smallest absolute Gasteiger partial charge is 0.336 e. The maximum atomic E-state index is 11.0. The summed E-state index contributed by atoms with van der Waals surface area (Å²) < 4.78 is 15.1. The number of carbonyl (C=O) groups excluding carboxylic acids is 1. The van der Waals surface area contributed by atoms with E-state index in [9.17, 15) is 19.5 Å². The first-order valence-corrected chi connectivity index (χ1v) is 6.51. The van der Waals surface area contributed by atoms with E-state index in [2.05, 4.69) is 4.74 Å². The van der Waals surface area contributed by atoms with E-state index in [0.29, 0.717) is 5.56 Å². The number of benzene rings is 1. The number of nitro benzene ring substituents is 1. The Hall–Kier alpha value is -1.76.